The second kappa shape index (κ2) is 8.85. The molecule has 0 spiro atoms. The second-order valence-corrected chi connectivity index (χ2v) is 8.30. The van der Waals surface area contributed by atoms with Crippen LogP contribution in [0.5, 0.6) is 0 Å². The average molecular weight is 383 g/mol. The molecule has 6 heteroatoms. The number of nitrogens with zero attached hydrogens (tertiary/aromatic N) is 3. The Hall–Kier alpha value is -1.92. The quantitative estimate of drug-likeness (QED) is 0.583. The van der Waals surface area contributed by atoms with E-state index in [1.807, 2.05) is 36.0 Å². The highest BCUT2D eigenvalue weighted by Gasteiger charge is 2.19. The fourth-order valence-electron chi connectivity index (χ4n) is 3.77. The van der Waals surface area contributed by atoms with E-state index in [9.17, 15) is 4.79 Å². The number of likely N-dealkylation sites (tertiary alicyclic amines) is 1. The molecule has 0 saturated carbocycles. The standard InChI is InChI=1S/C21H26N4OS/c26-14-16-5-3-6-17(13-16)20-23-19-7-12-27-15-18(19)21(24-20)22-8-4-11-25-9-1-2-10-25/h3,5-6,13-14H,1-2,4,7-12,15H2,(H,22,23,24). The average Bonchev–Trinajstić information content (AvgIpc) is 3.24. The summed E-state index contributed by atoms with van der Waals surface area (Å²) in [6.45, 7) is 4.58. The van der Waals surface area contributed by atoms with Gasteiger partial charge in [0.2, 0.25) is 0 Å². The zero-order chi connectivity index (χ0) is 18.5. The summed E-state index contributed by atoms with van der Waals surface area (Å²) in [6, 6.07) is 7.54. The Balaban J connectivity index is 1.52. The van der Waals surface area contributed by atoms with E-state index < -0.39 is 0 Å². The summed E-state index contributed by atoms with van der Waals surface area (Å²) in [7, 11) is 0. The van der Waals surface area contributed by atoms with Crippen molar-refractivity contribution in [1.82, 2.24) is 14.9 Å². The molecule has 1 saturated heterocycles. The van der Waals surface area contributed by atoms with E-state index >= 15 is 0 Å². The predicted molar refractivity (Wildman–Crippen MR) is 112 cm³/mol. The Labute approximate surface area is 165 Å². The molecule has 1 N–H and O–H groups in total. The van der Waals surface area contributed by atoms with Crippen molar-refractivity contribution < 1.29 is 4.79 Å². The molecule has 27 heavy (non-hydrogen) atoms. The smallest absolute Gasteiger partial charge is 0.161 e. The molecule has 0 atom stereocenters. The van der Waals surface area contributed by atoms with Gasteiger partial charge in [0.05, 0.1) is 5.69 Å². The van der Waals surface area contributed by atoms with Crippen molar-refractivity contribution in [3.05, 3.63) is 41.1 Å². The Kier molecular flexibility index (Phi) is 6.04. The van der Waals surface area contributed by atoms with Gasteiger partial charge in [-0.05, 0) is 57.1 Å². The Morgan fingerprint density at radius 3 is 2.96 bits per heavy atom. The molecule has 4 rings (SSSR count). The molecule has 3 heterocycles. The first-order valence-electron chi connectivity index (χ1n) is 9.83. The van der Waals surface area contributed by atoms with Crippen LogP contribution in [0.4, 0.5) is 5.82 Å². The largest absolute Gasteiger partial charge is 0.370 e. The van der Waals surface area contributed by atoms with Gasteiger partial charge in [0.25, 0.3) is 0 Å². The number of aryl methyl sites for hydroxylation is 1. The lowest BCUT2D eigenvalue weighted by Crippen LogP contribution is -2.23. The number of nitrogens with one attached hydrogen (secondary N) is 1. The zero-order valence-electron chi connectivity index (χ0n) is 15.6. The van der Waals surface area contributed by atoms with E-state index in [2.05, 4.69) is 10.2 Å². The maximum absolute atomic E-state index is 11.1. The van der Waals surface area contributed by atoms with Crippen molar-refractivity contribution in [3.63, 3.8) is 0 Å². The molecule has 1 aromatic carbocycles. The third kappa shape index (κ3) is 4.50. The molecule has 1 fully saturated rings. The van der Waals surface area contributed by atoms with Gasteiger partial charge in [-0.2, -0.15) is 11.8 Å². The molecule has 0 bridgehead atoms. The summed E-state index contributed by atoms with van der Waals surface area (Å²) >= 11 is 1.94. The van der Waals surface area contributed by atoms with Crippen LogP contribution in [0.1, 0.15) is 40.9 Å². The van der Waals surface area contributed by atoms with Crippen molar-refractivity contribution in [2.24, 2.45) is 0 Å². The van der Waals surface area contributed by atoms with Gasteiger partial charge in [-0.1, -0.05) is 18.2 Å². The zero-order valence-corrected chi connectivity index (χ0v) is 16.4. The molecular weight excluding hydrogens is 356 g/mol. The summed E-state index contributed by atoms with van der Waals surface area (Å²) in [5.41, 5.74) is 3.96. The van der Waals surface area contributed by atoms with Gasteiger partial charge in [0.1, 0.15) is 12.1 Å². The van der Waals surface area contributed by atoms with Crippen LogP contribution in [0.15, 0.2) is 24.3 Å². The van der Waals surface area contributed by atoms with Crippen LogP contribution in [0.3, 0.4) is 0 Å². The Bertz CT molecular complexity index is 805. The molecule has 0 aliphatic carbocycles. The highest BCUT2D eigenvalue weighted by molar-refractivity contribution is 7.98. The van der Waals surface area contributed by atoms with Crippen LogP contribution in [0, 0.1) is 0 Å². The first-order valence-corrected chi connectivity index (χ1v) is 11.0. The van der Waals surface area contributed by atoms with Crippen molar-refractivity contribution in [3.8, 4) is 11.4 Å². The van der Waals surface area contributed by atoms with Crippen molar-refractivity contribution in [2.75, 3.05) is 37.2 Å². The second-order valence-electron chi connectivity index (χ2n) is 7.20. The minimum absolute atomic E-state index is 0.657. The van der Waals surface area contributed by atoms with Gasteiger partial charge in [0, 0.05) is 29.0 Å². The molecule has 2 aliphatic heterocycles. The highest BCUT2D eigenvalue weighted by Crippen LogP contribution is 2.30. The molecule has 142 valence electrons. The number of benzene rings is 1. The van der Waals surface area contributed by atoms with Crippen LogP contribution in [-0.2, 0) is 12.2 Å². The minimum atomic E-state index is 0.657. The fraction of sp³-hybridized carbons (Fsp3) is 0.476. The number of carbonyl (C=O) groups excluding carboxylic acids is 1. The number of thioether (sulfide) groups is 1. The van der Waals surface area contributed by atoms with E-state index in [-0.39, 0.29) is 0 Å². The van der Waals surface area contributed by atoms with E-state index in [0.717, 1.165) is 60.8 Å². The number of hydrogen-bond donors (Lipinski definition) is 1. The topological polar surface area (TPSA) is 58.1 Å². The van der Waals surface area contributed by atoms with Gasteiger partial charge in [0.15, 0.2) is 5.82 Å². The van der Waals surface area contributed by atoms with Crippen LogP contribution < -0.4 is 5.32 Å². The van der Waals surface area contributed by atoms with E-state index in [4.69, 9.17) is 9.97 Å². The number of aldehydes is 1. The van der Waals surface area contributed by atoms with Gasteiger partial charge in [-0.25, -0.2) is 9.97 Å². The number of fused-ring (bicyclic) bond motifs is 1. The monoisotopic (exact) mass is 382 g/mol. The third-order valence-electron chi connectivity index (χ3n) is 5.25. The van der Waals surface area contributed by atoms with Crippen molar-refractivity contribution in [1.29, 1.82) is 0 Å². The maximum atomic E-state index is 11.1. The summed E-state index contributed by atoms with van der Waals surface area (Å²) in [5.74, 6) is 3.76. The molecule has 0 radical (unpaired) electrons. The fourth-order valence-corrected chi connectivity index (χ4v) is 4.76. The van der Waals surface area contributed by atoms with Gasteiger partial charge in [-0.3, -0.25) is 4.79 Å². The third-order valence-corrected chi connectivity index (χ3v) is 6.23. The number of aromatic nitrogens is 2. The van der Waals surface area contributed by atoms with Gasteiger partial charge >= 0.3 is 0 Å². The molecule has 0 amide bonds. The Morgan fingerprint density at radius 1 is 1.22 bits per heavy atom. The van der Waals surface area contributed by atoms with E-state index in [1.54, 1.807) is 0 Å². The lowest BCUT2D eigenvalue weighted by Gasteiger charge is -2.20. The molecule has 5 nitrogen and oxygen atoms in total. The van der Waals surface area contributed by atoms with Gasteiger partial charge < -0.3 is 10.2 Å². The lowest BCUT2D eigenvalue weighted by atomic mass is 10.1. The number of hydrogen-bond acceptors (Lipinski definition) is 6. The molecular formula is C21H26N4OS. The Morgan fingerprint density at radius 2 is 2.11 bits per heavy atom. The van der Waals surface area contributed by atoms with Crippen LogP contribution in [0.25, 0.3) is 11.4 Å². The molecule has 1 aromatic heterocycles. The predicted octanol–water partition coefficient (Wildman–Crippen LogP) is 3.64. The molecule has 2 aromatic rings. The van der Waals surface area contributed by atoms with Crippen molar-refractivity contribution in [2.45, 2.75) is 31.4 Å². The first kappa shape index (κ1) is 18.4. The number of carbonyl (C=O) groups is 1. The normalized spacial score (nSPS) is 16.9. The van der Waals surface area contributed by atoms with Crippen LogP contribution in [-0.4, -0.2) is 53.1 Å². The minimum Gasteiger partial charge on any atom is -0.370 e. The lowest BCUT2D eigenvalue weighted by molar-refractivity contribution is 0.112. The maximum Gasteiger partial charge on any atom is 0.161 e. The first-order chi connectivity index (χ1) is 13.3. The summed E-state index contributed by atoms with van der Waals surface area (Å²) in [4.78, 5) is 23.3. The van der Waals surface area contributed by atoms with Crippen molar-refractivity contribution >= 4 is 23.9 Å². The molecule has 0 unspecified atom stereocenters. The number of anilines is 1. The summed E-state index contributed by atoms with van der Waals surface area (Å²) < 4.78 is 0. The van der Waals surface area contributed by atoms with E-state index in [1.165, 1.54) is 31.5 Å². The summed E-state index contributed by atoms with van der Waals surface area (Å²) in [5, 5.41) is 3.57. The van der Waals surface area contributed by atoms with Crippen LogP contribution >= 0.6 is 11.8 Å². The number of rotatable bonds is 7. The van der Waals surface area contributed by atoms with Gasteiger partial charge in [-0.15, -0.1) is 0 Å². The SMILES string of the molecule is O=Cc1cccc(-c2nc3c(c(NCCCN4CCCC4)n2)CSCC3)c1. The highest BCUT2D eigenvalue weighted by atomic mass is 32.2. The molecule has 2 aliphatic rings. The van der Waals surface area contributed by atoms with E-state index in [0.29, 0.717) is 11.4 Å². The summed E-state index contributed by atoms with van der Waals surface area (Å²) in [6.07, 6.45) is 5.66. The van der Waals surface area contributed by atoms with Crippen LogP contribution in [0.2, 0.25) is 0 Å².